The summed E-state index contributed by atoms with van der Waals surface area (Å²) in [7, 11) is 0. The lowest BCUT2D eigenvalue weighted by molar-refractivity contribution is 0.329. The molecule has 3 rings (SSSR count). The number of benzene rings is 2. The monoisotopic (exact) mass is 226 g/mol. The van der Waals surface area contributed by atoms with Gasteiger partial charge in [-0.2, -0.15) is 0 Å². The van der Waals surface area contributed by atoms with Gasteiger partial charge in [0.2, 0.25) is 0 Å². The summed E-state index contributed by atoms with van der Waals surface area (Å²) in [6.07, 6.45) is 0. The zero-order valence-electron chi connectivity index (χ0n) is 9.72. The molecule has 2 aromatic rings. The molecule has 1 saturated heterocycles. The maximum Gasteiger partial charge on any atom is 0.127 e. The van der Waals surface area contributed by atoms with Crippen molar-refractivity contribution in [2.75, 3.05) is 6.61 Å². The Bertz CT molecular complexity index is 498. The van der Waals surface area contributed by atoms with Gasteiger partial charge < -0.3 is 9.47 Å². The molecule has 1 aliphatic heterocycles. The van der Waals surface area contributed by atoms with E-state index >= 15 is 0 Å². The first kappa shape index (κ1) is 10.4. The molecule has 0 amide bonds. The van der Waals surface area contributed by atoms with Gasteiger partial charge in [0.05, 0.1) is 6.61 Å². The lowest BCUT2D eigenvalue weighted by Gasteiger charge is -2.08. The maximum absolute atomic E-state index is 5.73. The Morgan fingerprint density at radius 3 is 2.12 bits per heavy atom. The average Bonchev–Trinajstić information content (AvgIpc) is 3.11. The van der Waals surface area contributed by atoms with E-state index in [4.69, 9.17) is 9.47 Å². The molecule has 86 valence electrons. The molecule has 2 nitrogen and oxygen atoms in total. The molecule has 0 saturated carbocycles. The van der Waals surface area contributed by atoms with Gasteiger partial charge in [-0.15, -0.1) is 0 Å². The lowest BCUT2D eigenvalue weighted by atomic mass is 10.0. The highest BCUT2D eigenvalue weighted by Gasteiger charge is 2.40. The normalized spacial score (nSPS) is 22.2. The van der Waals surface area contributed by atoms with Gasteiger partial charge in [0.15, 0.2) is 0 Å². The van der Waals surface area contributed by atoms with E-state index in [0.29, 0.717) is 0 Å². The predicted octanol–water partition coefficient (Wildman–Crippen LogP) is 3.72. The van der Waals surface area contributed by atoms with Crippen molar-refractivity contribution < 1.29 is 9.47 Å². The zero-order chi connectivity index (χ0) is 11.7. The first-order valence-corrected chi connectivity index (χ1v) is 5.74. The molecule has 0 spiro atoms. The van der Waals surface area contributed by atoms with E-state index in [1.165, 1.54) is 5.56 Å². The third-order valence-corrected chi connectivity index (χ3v) is 3.02. The zero-order valence-corrected chi connectivity index (χ0v) is 9.72. The quantitative estimate of drug-likeness (QED) is 0.744. The Balaban J connectivity index is 1.77. The van der Waals surface area contributed by atoms with Crippen LogP contribution in [-0.2, 0) is 10.3 Å². The summed E-state index contributed by atoms with van der Waals surface area (Å²) in [4.78, 5) is 0. The largest absolute Gasteiger partial charge is 0.457 e. The van der Waals surface area contributed by atoms with Crippen molar-refractivity contribution in [2.45, 2.75) is 12.5 Å². The van der Waals surface area contributed by atoms with Crippen molar-refractivity contribution in [2.24, 2.45) is 0 Å². The highest BCUT2D eigenvalue weighted by molar-refractivity contribution is 5.35. The second-order valence-electron chi connectivity index (χ2n) is 4.46. The summed E-state index contributed by atoms with van der Waals surface area (Å²) < 4.78 is 11.1. The molecular formula is C15H14O2. The maximum atomic E-state index is 5.73. The Labute approximate surface area is 101 Å². The Kier molecular flexibility index (Phi) is 2.37. The van der Waals surface area contributed by atoms with Crippen LogP contribution in [0, 0.1) is 0 Å². The summed E-state index contributed by atoms with van der Waals surface area (Å²) in [6, 6.07) is 17.9. The fraction of sp³-hybridized carbons (Fsp3) is 0.200. The Hall–Kier alpha value is -1.80. The summed E-state index contributed by atoms with van der Waals surface area (Å²) in [5.74, 6) is 1.71. The predicted molar refractivity (Wildman–Crippen MR) is 66.3 cm³/mol. The van der Waals surface area contributed by atoms with Gasteiger partial charge in [0, 0.05) is 0 Å². The van der Waals surface area contributed by atoms with Crippen LogP contribution in [0.4, 0.5) is 0 Å². The van der Waals surface area contributed by atoms with E-state index in [9.17, 15) is 0 Å². The van der Waals surface area contributed by atoms with Gasteiger partial charge in [-0.1, -0.05) is 30.3 Å². The molecule has 0 N–H and O–H groups in total. The summed E-state index contributed by atoms with van der Waals surface area (Å²) in [5.41, 5.74) is 1.14. The minimum atomic E-state index is -0.0642. The van der Waals surface area contributed by atoms with Crippen molar-refractivity contribution in [1.29, 1.82) is 0 Å². The molecule has 0 radical (unpaired) electrons. The molecular weight excluding hydrogens is 212 g/mol. The fourth-order valence-electron chi connectivity index (χ4n) is 1.78. The van der Waals surface area contributed by atoms with Crippen molar-refractivity contribution in [1.82, 2.24) is 0 Å². The van der Waals surface area contributed by atoms with E-state index in [1.54, 1.807) is 0 Å². The van der Waals surface area contributed by atoms with Crippen molar-refractivity contribution in [3.8, 4) is 11.5 Å². The van der Waals surface area contributed by atoms with Crippen LogP contribution in [-0.4, -0.2) is 6.61 Å². The topological polar surface area (TPSA) is 21.8 Å². The lowest BCUT2D eigenvalue weighted by Crippen LogP contribution is -2.01. The van der Waals surface area contributed by atoms with E-state index in [1.807, 2.05) is 42.5 Å². The second-order valence-corrected chi connectivity index (χ2v) is 4.46. The summed E-state index contributed by atoms with van der Waals surface area (Å²) in [6.45, 7) is 2.91. The minimum Gasteiger partial charge on any atom is -0.457 e. The van der Waals surface area contributed by atoms with Gasteiger partial charge in [-0.05, 0) is 36.8 Å². The van der Waals surface area contributed by atoms with E-state index < -0.39 is 0 Å². The van der Waals surface area contributed by atoms with Crippen molar-refractivity contribution in [3.63, 3.8) is 0 Å². The average molecular weight is 226 g/mol. The van der Waals surface area contributed by atoms with Gasteiger partial charge in [-0.25, -0.2) is 0 Å². The van der Waals surface area contributed by atoms with E-state index in [2.05, 4.69) is 19.1 Å². The molecule has 1 atom stereocenters. The molecule has 17 heavy (non-hydrogen) atoms. The molecule has 1 unspecified atom stereocenters. The third-order valence-electron chi connectivity index (χ3n) is 3.02. The van der Waals surface area contributed by atoms with E-state index in [-0.39, 0.29) is 5.60 Å². The number of epoxide rings is 1. The molecule has 2 aromatic carbocycles. The SMILES string of the molecule is CC1(c2ccc(Oc3ccccc3)cc2)CO1. The molecule has 2 heteroatoms. The van der Waals surface area contributed by atoms with Crippen molar-refractivity contribution in [3.05, 3.63) is 60.2 Å². The van der Waals surface area contributed by atoms with Gasteiger partial charge in [0.25, 0.3) is 0 Å². The molecule has 0 bridgehead atoms. The third kappa shape index (κ3) is 2.17. The number of hydrogen-bond donors (Lipinski definition) is 0. The summed E-state index contributed by atoms with van der Waals surface area (Å²) >= 11 is 0. The van der Waals surface area contributed by atoms with Crippen LogP contribution in [0.15, 0.2) is 54.6 Å². The molecule has 1 fully saturated rings. The Morgan fingerprint density at radius 2 is 1.53 bits per heavy atom. The van der Waals surface area contributed by atoms with Crippen molar-refractivity contribution >= 4 is 0 Å². The standard InChI is InChI=1S/C15H14O2/c1-15(11-16-15)12-7-9-14(10-8-12)17-13-5-3-2-4-6-13/h2-10H,11H2,1H3. The molecule has 1 heterocycles. The van der Waals surface area contributed by atoms with Crippen LogP contribution in [0.3, 0.4) is 0 Å². The smallest absolute Gasteiger partial charge is 0.127 e. The van der Waals surface area contributed by atoms with Gasteiger partial charge >= 0.3 is 0 Å². The molecule has 0 aliphatic carbocycles. The first-order chi connectivity index (χ1) is 8.26. The second kappa shape index (κ2) is 3.90. The fourth-order valence-corrected chi connectivity index (χ4v) is 1.78. The number of hydrogen-bond acceptors (Lipinski definition) is 2. The van der Waals surface area contributed by atoms with Crippen LogP contribution in [0.1, 0.15) is 12.5 Å². The van der Waals surface area contributed by atoms with Crippen LogP contribution in [0.2, 0.25) is 0 Å². The number of rotatable bonds is 3. The van der Waals surface area contributed by atoms with Crippen LogP contribution >= 0.6 is 0 Å². The minimum absolute atomic E-state index is 0.0642. The summed E-state index contributed by atoms with van der Waals surface area (Å²) in [5, 5.41) is 0. The van der Waals surface area contributed by atoms with Crippen LogP contribution < -0.4 is 4.74 Å². The number of ether oxygens (including phenoxy) is 2. The Morgan fingerprint density at radius 1 is 0.941 bits per heavy atom. The number of para-hydroxylation sites is 1. The molecule has 1 aliphatic rings. The first-order valence-electron chi connectivity index (χ1n) is 5.74. The molecule has 0 aromatic heterocycles. The highest BCUT2D eigenvalue weighted by Crippen LogP contribution is 2.38. The van der Waals surface area contributed by atoms with E-state index in [0.717, 1.165) is 18.1 Å². The van der Waals surface area contributed by atoms with Gasteiger partial charge in [-0.3, -0.25) is 0 Å². The van der Waals surface area contributed by atoms with Gasteiger partial charge in [0.1, 0.15) is 17.1 Å². The van der Waals surface area contributed by atoms with Crippen LogP contribution in [0.5, 0.6) is 11.5 Å². The highest BCUT2D eigenvalue weighted by atomic mass is 16.6. The van der Waals surface area contributed by atoms with Crippen LogP contribution in [0.25, 0.3) is 0 Å².